The van der Waals surface area contributed by atoms with Crippen LogP contribution in [0.15, 0.2) is 0 Å². The molecule has 1 saturated heterocycles. The Bertz CT molecular complexity index is 159. The molecule has 70 valence electrons. The number of hydrogen-bond acceptors (Lipinski definition) is 3. The third kappa shape index (κ3) is 2.57. The van der Waals surface area contributed by atoms with Crippen molar-refractivity contribution in [3.05, 3.63) is 0 Å². The number of likely N-dealkylation sites (tertiary alicyclic amines) is 1. The van der Waals surface area contributed by atoms with Crippen LogP contribution in [-0.4, -0.2) is 43.5 Å². The summed E-state index contributed by atoms with van der Waals surface area (Å²) in [7, 11) is 1.73. The first-order valence-electron chi connectivity index (χ1n) is 4.53. The van der Waals surface area contributed by atoms with Gasteiger partial charge in [0.1, 0.15) is 5.78 Å². The van der Waals surface area contributed by atoms with E-state index in [1.807, 2.05) is 6.92 Å². The lowest BCUT2D eigenvalue weighted by atomic mass is 10.3. The topological polar surface area (TPSA) is 29.5 Å². The number of ether oxygens (including phenoxy) is 1. The molecular weight excluding hydrogens is 154 g/mol. The molecule has 0 spiro atoms. The van der Waals surface area contributed by atoms with E-state index in [4.69, 9.17) is 4.74 Å². The average Bonchev–Trinajstić information content (AvgIpc) is 2.52. The molecule has 0 radical (unpaired) electrons. The summed E-state index contributed by atoms with van der Waals surface area (Å²) in [6.45, 7) is 4.44. The molecule has 1 heterocycles. The summed E-state index contributed by atoms with van der Waals surface area (Å²) in [6, 6.07) is 0. The third-order valence-corrected chi connectivity index (χ3v) is 2.36. The second-order valence-corrected chi connectivity index (χ2v) is 3.27. The SMILES string of the molecule is CCC(=O)CN1CCC(OC)C1. The van der Waals surface area contributed by atoms with Crippen LogP contribution in [-0.2, 0) is 9.53 Å². The molecule has 0 aromatic heterocycles. The zero-order chi connectivity index (χ0) is 8.97. The Balaban J connectivity index is 2.23. The van der Waals surface area contributed by atoms with Crippen LogP contribution in [0, 0.1) is 0 Å². The van der Waals surface area contributed by atoms with E-state index in [0.717, 1.165) is 19.5 Å². The maximum absolute atomic E-state index is 11.1. The molecule has 1 unspecified atom stereocenters. The van der Waals surface area contributed by atoms with Crippen molar-refractivity contribution in [3.63, 3.8) is 0 Å². The summed E-state index contributed by atoms with van der Waals surface area (Å²) in [5, 5.41) is 0. The maximum Gasteiger partial charge on any atom is 0.146 e. The normalized spacial score (nSPS) is 24.7. The van der Waals surface area contributed by atoms with E-state index in [9.17, 15) is 4.79 Å². The number of rotatable bonds is 4. The molecule has 0 aliphatic carbocycles. The lowest BCUT2D eigenvalue weighted by Crippen LogP contribution is -2.28. The van der Waals surface area contributed by atoms with Gasteiger partial charge in [-0.25, -0.2) is 0 Å². The molecule has 12 heavy (non-hydrogen) atoms. The fourth-order valence-corrected chi connectivity index (χ4v) is 1.49. The molecule has 0 aromatic rings. The molecule has 1 rings (SSSR count). The van der Waals surface area contributed by atoms with Gasteiger partial charge in [-0.3, -0.25) is 9.69 Å². The van der Waals surface area contributed by atoms with Crippen LogP contribution in [0.5, 0.6) is 0 Å². The molecule has 1 aliphatic heterocycles. The van der Waals surface area contributed by atoms with Crippen LogP contribution in [0.3, 0.4) is 0 Å². The third-order valence-electron chi connectivity index (χ3n) is 2.36. The van der Waals surface area contributed by atoms with E-state index < -0.39 is 0 Å². The van der Waals surface area contributed by atoms with Crippen LogP contribution in [0.1, 0.15) is 19.8 Å². The predicted molar refractivity (Wildman–Crippen MR) is 47.2 cm³/mol. The molecule has 3 heteroatoms. The molecule has 0 saturated carbocycles. The minimum atomic E-state index is 0.326. The average molecular weight is 171 g/mol. The van der Waals surface area contributed by atoms with Crippen molar-refractivity contribution in [2.75, 3.05) is 26.7 Å². The van der Waals surface area contributed by atoms with Crippen molar-refractivity contribution < 1.29 is 9.53 Å². The molecule has 1 atom stereocenters. The van der Waals surface area contributed by atoms with E-state index >= 15 is 0 Å². The summed E-state index contributed by atoms with van der Waals surface area (Å²) >= 11 is 0. The Morgan fingerprint density at radius 1 is 1.67 bits per heavy atom. The lowest BCUT2D eigenvalue weighted by Gasteiger charge is -2.13. The highest BCUT2D eigenvalue weighted by Gasteiger charge is 2.22. The van der Waals surface area contributed by atoms with Crippen LogP contribution in [0.4, 0.5) is 0 Å². The fourth-order valence-electron chi connectivity index (χ4n) is 1.49. The lowest BCUT2D eigenvalue weighted by molar-refractivity contribution is -0.119. The Morgan fingerprint density at radius 2 is 2.42 bits per heavy atom. The molecule has 3 nitrogen and oxygen atoms in total. The van der Waals surface area contributed by atoms with Gasteiger partial charge in [-0.15, -0.1) is 0 Å². The number of carbonyl (C=O) groups is 1. The maximum atomic E-state index is 11.1. The summed E-state index contributed by atoms with van der Waals surface area (Å²) < 4.78 is 5.20. The quantitative estimate of drug-likeness (QED) is 0.623. The van der Waals surface area contributed by atoms with Crippen LogP contribution in [0.25, 0.3) is 0 Å². The van der Waals surface area contributed by atoms with Crippen molar-refractivity contribution in [1.82, 2.24) is 4.90 Å². The molecular formula is C9H17NO2. The highest BCUT2D eigenvalue weighted by molar-refractivity contribution is 5.80. The summed E-state index contributed by atoms with van der Waals surface area (Å²) in [4.78, 5) is 13.2. The number of carbonyl (C=O) groups excluding carboxylic acids is 1. The van der Waals surface area contributed by atoms with Gasteiger partial charge < -0.3 is 4.74 Å². The summed E-state index contributed by atoms with van der Waals surface area (Å²) in [5.41, 5.74) is 0. The Morgan fingerprint density at radius 3 is 2.92 bits per heavy atom. The van der Waals surface area contributed by atoms with E-state index in [-0.39, 0.29) is 0 Å². The van der Waals surface area contributed by atoms with Gasteiger partial charge >= 0.3 is 0 Å². The Hall–Kier alpha value is -0.410. The zero-order valence-corrected chi connectivity index (χ0v) is 7.88. The summed E-state index contributed by atoms with van der Waals surface area (Å²) in [5.74, 6) is 0.326. The smallest absolute Gasteiger partial charge is 0.146 e. The van der Waals surface area contributed by atoms with Crippen LogP contribution in [0.2, 0.25) is 0 Å². The van der Waals surface area contributed by atoms with Crippen LogP contribution >= 0.6 is 0 Å². The van der Waals surface area contributed by atoms with E-state index in [1.165, 1.54) is 0 Å². The molecule has 1 aliphatic rings. The number of hydrogen-bond donors (Lipinski definition) is 0. The summed E-state index contributed by atoms with van der Waals surface area (Å²) in [6.07, 6.45) is 2.05. The first-order chi connectivity index (χ1) is 5.76. The highest BCUT2D eigenvalue weighted by Crippen LogP contribution is 2.11. The van der Waals surface area contributed by atoms with Crippen molar-refractivity contribution >= 4 is 5.78 Å². The minimum absolute atomic E-state index is 0.326. The van der Waals surface area contributed by atoms with Crippen molar-refractivity contribution in [1.29, 1.82) is 0 Å². The first-order valence-corrected chi connectivity index (χ1v) is 4.53. The van der Waals surface area contributed by atoms with Crippen LogP contribution < -0.4 is 0 Å². The molecule has 0 bridgehead atoms. The Labute approximate surface area is 73.7 Å². The second kappa shape index (κ2) is 4.58. The number of methoxy groups -OCH3 is 1. The Kier molecular flexibility index (Phi) is 3.69. The highest BCUT2D eigenvalue weighted by atomic mass is 16.5. The van der Waals surface area contributed by atoms with Gasteiger partial charge in [0.2, 0.25) is 0 Å². The van der Waals surface area contributed by atoms with E-state index in [1.54, 1.807) is 7.11 Å². The number of ketones is 1. The van der Waals surface area contributed by atoms with E-state index in [2.05, 4.69) is 4.90 Å². The standard InChI is InChI=1S/C9H17NO2/c1-3-8(11)6-10-5-4-9(7-10)12-2/h9H,3-7H2,1-2H3. The van der Waals surface area contributed by atoms with Gasteiger partial charge in [-0.1, -0.05) is 6.92 Å². The van der Waals surface area contributed by atoms with Gasteiger partial charge in [-0.2, -0.15) is 0 Å². The van der Waals surface area contributed by atoms with E-state index in [0.29, 0.717) is 24.9 Å². The van der Waals surface area contributed by atoms with Crippen molar-refractivity contribution in [2.45, 2.75) is 25.9 Å². The minimum Gasteiger partial charge on any atom is -0.380 e. The van der Waals surface area contributed by atoms with Gasteiger partial charge in [0.05, 0.1) is 12.6 Å². The monoisotopic (exact) mass is 171 g/mol. The number of Topliss-reactive ketones (excluding diaryl/α,β-unsaturated/α-hetero) is 1. The fraction of sp³-hybridized carbons (Fsp3) is 0.889. The van der Waals surface area contributed by atoms with Gasteiger partial charge in [0.25, 0.3) is 0 Å². The van der Waals surface area contributed by atoms with Gasteiger partial charge in [0.15, 0.2) is 0 Å². The molecule has 0 N–H and O–H groups in total. The van der Waals surface area contributed by atoms with Gasteiger partial charge in [-0.05, 0) is 6.42 Å². The van der Waals surface area contributed by atoms with Crippen molar-refractivity contribution in [2.24, 2.45) is 0 Å². The number of nitrogens with zero attached hydrogens (tertiary/aromatic N) is 1. The van der Waals surface area contributed by atoms with Gasteiger partial charge in [0, 0.05) is 26.6 Å². The largest absolute Gasteiger partial charge is 0.380 e. The second-order valence-electron chi connectivity index (χ2n) is 3.27. The molecule has 1 fully saturated rings. The zero-order valence-electron chi connectivity index (χ0n) is 7.88. The first kappa shape index (κ1) is 9.68. The molecule has 0 aromatic carbocycles. The molecule has 0 amide bonds. The predicted octanol–water partition coefficient (Wildman–Crippen LogP) is 0.686. The van der Waals surface area contributed by atoms with Crippen molar-refractivity contribution in [3.8, 4) is 0 Å².